The number of nitrogens with zero attached hydrogens (tertiary/aromatic N) is 3. The number of aromatic nitrogens is 2. The summed E-state index contributed by atoms with van der Waals surface area (Å²) in [6, 6.07) is 10.1. The van der Waals surface area contributed by atoms with E-state index in [9.17, 15) is 9.18 Å². The van der Waals surface area contributed by atoms with Crippen molar-refractivity contribution in [3.8, 4) is 17.0 Å². The van der Waals surface area contributed by atoms with Gasteiger partial charge in [-0.25, -0.2) is 9.37 Å². The number of ether oxygens (including phenoxy) is 1. The van der Waals surface area contributed by atoms with E-state index in [2.05, 4.69) is 16.0 Å². The first-order valence-corrected chi connectivity index (χ1v) is 8.25. The number of carbonyl (C=O) groups excluding carboxylic acids is 1. The number of aryl methyl sites for hydroxylation is 1. The molecular weight excluding hydrogens is 333 g/mol. The quantitative estimate of drug-likeness (QED) is 0.672. The van der Waals surface area contributed by atoms with Gasteiger partial charge in [-0.05, 0) is 42.3 Å². The van der Waals surface area contributed by atoms with Crippen molar-refractivity contribution in [2.75, 3.05) is 11.5 Å². The van der Waals surface area contributed by atoms with Gasteiger partial charge in [0.15, 0.2) is 5.82 Å². The van der Waals surface area contributed by atoms with Crippen LogP contribution in [-0.4, -0.2) is 23.0 Å². The fourth-order valence-corrected chi connectivity index (χ4v) is 3.07. The fourth-order valence-electron chi connectivity index (χ4n) is 3.07. The van der Waals surface area contributed by atoms with Crippen LogP contribution in [0.5, 0.6) is 5.75 Å². The molecule has 1 aliphatic rings. The number of hydrogen-bond acceptors (Lipinski definition) is 4. The molecule has 5 nitrogen and oxygen atoms in total. The second kappa shape index (κ2) is 6.55. The SMILES string of the molecule is Cc1cc2c(cc1-c1cnc(N(C=O)c3ccccc3F)cn1)CCO2. The van der Waals surface area contributed by atoms with Crippen molar-refractivity contribution in [2.24, 2.45) is 0 Å². The van der Waals surface area contributed by atoms with Crippen molar-refractivity contribution >= 4 is 17.9 Å². The minimum atomic E-state index is -0.500. The Kier molecular flexibility index (Phi) is 4.08. The van der Waals surface area contributed by atoms with Crippen molar-refractivity contribution in [2.45, 2.75) is 13.3 Å². The second-order valence-electron chi connectivity index (χ2n) is 6.06. The summed E-state index contributed by atoms with van der Waals surface area (Å²) >= 11 is 0. The van der Waals surface area contributed by atoms with Crippen LogP contribution in [-0.2, 0) is 11.2 Å². The number of fused-ring (bicyclic) bond motifs is 1. The highest BCUT2D eigenvalue weighted by Gasteiger charge is 2.17. The van der Waals surface area contributed by atoms with Gasteiger partial charge in [-0.3, -0.25) is 14.7 Å². The van der Waals surface area contributed by atoms with E-state index in [1.165, 1.54) is 18.3 Å². The molecule has 0 saturated heterocycles. The molecule has 2 aromatic carbocycles. The molecule has 0 aliphatic carbocycles. The summed E-state index contributed by atoms with van der Waals surface area (Å²) in [5.74, 6) is 0.679. The zero-order valence-corrected chi connectivity index (χ0v) is 14.1. The topological polar surface area (TPSA) is 55.3 Å². The lowest BCUT2D eigenvalue weighted by molar-refractivity contribution is -0.106. The van der Waals surface area contributed by atoms with Gasteiger partial charge in [0.2, 0.25) is 6.41 Å². The molecule has 0 spiro atoms. The molecule has 130 valence electrons. The molecule has 0 saturated carbocycles. The summed E-state index contributed by atoms with van der Waals surface area (Å²) in [6.45, 7) is 2.68. The summed E-state index contributed by atoms with van der Waals surface area (Å²) in [5.41, 5.74) is 3.99. The molecule has 2 heterocycles. The number of benzene rings is 2. The molecule has 0 radical (unpaired) electrons. The Labute approximate surface area is 150 Å². The van der Waals surface area contributed by atoms with Crippen LogP contribution < -0.4 is 9.64 Å². The molecule has 4 rings (SSSR count). The van der Waals surface area contributed by atoms with Crippen molar-refractivity contribution in [1.82, 2.24) is 9.97 Å². The lowest BCUT2D eigenvalue weighted by Gasteiger charge is -2.17. The van der Waals surface area contributed by atoms with Crippen LogP contribution in [0.3, 0.4) is 0 Å². The van der Waals surface area contributed by atoms with Gasteiger partial charge in [-0.2, -0.15) is 0 Å². The minimum Gasteiger partial charge on any atom is -0.493 e. The van der Waals surface area contributed by atoms with Crippen molar-refractivity contribution in [1.29, 1.82) is 0 Å². The van der Waals surface area contributed by atoms with Crippen LogP contribution in [0.2, 0.25) is 0 Å². The third-order valence-electron chi connectivity index (χ3n) is 4.41. The molecule has 3 aromatic rings. The summed E-state index contributed by atoms with van der Waals surface area (Å²) in [6.07, 6.45) is 4.47. The number of halogens is 1. The Morgan fingerprint density at radius 2 is 2.04 bits per heavy atom. The van der Waals surface area contributed by atoms with Gasteiger partial charge in [-0.1, -0.05) is 12.1 Å². The summed E-state index contributed by atoms with van der Waals surface area (Å²) in [4.78, 5) is 21.4. The second-order valence-corrected chi connectivity index (χ2v) is 6.06. The summed E-state index contributed by atoms with van der Waals surface area (Å²) in [5, 5.41) is 0. The highest BCUT2D eigenvalue weighted by molar-refractivity contribution is 5.85. The normalized spacial score (nSPS) is 12.4. The predicted octanol–water partition coefficient (Wildman–Crippen LogP) is 3.82. The van der Waals surface area contributed by atoms with Crippen LogP contribution in [0.15, 0.2) is 48.8 Å². The van der Waals surface area contributed by atoms with Gasteiger partial charge in [0, 0.05) is 12.0 Å². The van der Waals surface area contributed by atoms with Crippen LogP contribution in [0.1, 0.15) is 11.1 Å². The van der Waals surface area contributed by atoms with Crippen LogP contribution in [0, 0.1) is 12.7 Å². The zero-order valence-electron chi connectivity index (χ0n) is 14.1. The Hall–Kier alpha value is -3.28. The number of anilines is 2. The number of para-hydroxylation sites is 1. The average Bonchev–Trinajstić information content (AvgIpc) is 3.11. The molecule has 1 aliphatic heterocycles. The van der Waals surface area contributed by atoms with E-state index in [0.29, 0.717) is 18.7 Å². The van der Waals surface area contributed by atoms with Gasteiger partial charge in [0.25, 0.3) is 0 Å². The molecule has 6 heteroatoms. The molecular formula is C20H16FN3O2. The predicted molar refractivity (Wildman–Crippen MR) is 96.0 cm³/mol. The van der Waals surface area contributed by atoms with Crippen molar-refractivity contribution in [3.63, 3.8) is 0 Å². The maximum absolute atomic E-state index is 14.0. The molecule has 0 fully saturated rings. The lowest BCUT2D eigenvalue weighted by atomic mass is 10.0. The van der Waals surface area contributed by atoms with E-state index in [4.69, 9.17) is 4.74 Å². The van der Waals surface area contributed by atoms with Crippen molar-refractivity contribution < 1.29 is 13.9 Å². The first kappa shape index (κ1) is 16.2. The Balaban J connectivity index is 1.69. The third kappa shape index (κ3) is 2.79. The van der Waals surface area contributed by atoms with E-state index in [-0.39, 0.29) is 11.5 Å². The Morgan fingerprint density at radius 1 is 1.19 bits per heavy atom. The Morgan fingerprint density at radius 3 is 2.77 bits per heavy atom. The summed E-state index contributed by atoms with van der Waals surface area (Å²) < 4.78 is 19.6. The summed E-state index contributed by atoms with van der Waals surface area (Å²) in [7, 11) is 0. The molecule has 1 amide bonds. The first-order chi connectivity index (χ1) is 12.7. The van der Waals surface area contributed by atoms with Gasteiger partial charge in [-0.15, -0.1) is 0 Å². The third-order valence-corrected chi connectivity index (χ3v) is 4.41. The molecule has 26 heavy (non-hydrogen) atoms. The smallest absolute Gasteiger partial charge is 0.220 e. The molecule has 1 aromatic heterocycles. The molecule has 0 atom stereocenters. The maximum atomic E-state index is 14.0. The zero-order chi connectivity index (χ0) is 18.1. The van der Waals surface area contributed by atoms with Crippen molar-refractivity contribution in [3.05, 3.63) is 65.7 Å². The van der Waals surface area contributed by atoms with Crippen LogP contribution in [0.4, 0.5) is 15.9 Å². The largest absolute Gasteiger partial charge is 0.493 e. The van der Waals surface area contributed by atoms with Crippen LogP contribution >= 0.6 is 0 Å². The van der Waals surface area contributed by atoms with E-state index in [0.717, 1.165) is 33.8 Å². The minimum absolute atomic E-state index is 0.135. The lowest BCUT2D eigenvalue weighted by Crippen LogP contribution is -2.17. The van der Waals surface area contributed by atoms with Gasteiger partial charge in [0.05, 0.1) is 30.4 Å². The highest BCUT2D eigenvalue weighted by atomic mass is 19.1. The van der Waals surface area contributed by atoms with Gasteiger partial charge in [0.1, 0.15) is 11.6 Å². The number of amides is 1. The maximum Gasteiger partial charge on any atom is 0.220 e. The molecule has 0 bridgehead atoms. The average molecular weight is 349 g/mol. The molecule has 0 unspecified atom stereocenters. The standard InChI is InChI=1S/C20H16FN3O2/c1-13-8-19-14(6-7-26-19)9-15(13)17-10-23-20(11-22-17)24(12-25)18-5-3-2-4-16(18)21/h2-5,8-12H,6-7H2,1H3. The van der Waals surface area contributed by atoms with E-state index < -0.39 is 5.82 Å². The van der Waals surface area contributed by atoms with Gasteiger partial charge < -0.3 is 4.74 Å². The first-order valence-electron chi connectivity index (χ1n) is 8.25. The highest BCUT2D eigenvalue weighted by Crippen LogP contribution is 2.33. The fraction of sp³-hybridized carbons (Fsp3) is 0.150. The van der Waals surface area contributed by atoms with E-state index >= 15 is 0 Å². The van der Waals surface area contributed by atoms with E-state index in [1.807, 2.05) is 13.0 Å². The van der Waals surface area contributed by atoms with Crippen LogP contribution in [0.25, 0.3) is 11.3 Å². The number of carbonyl (C=O) groups is 1. The Bertz CT molecular complexity index is 973. The van der Waals surface area contributed by atoms with Gasteiger partial charge >= 0.3 is 0 Å². The molecule has 0 N–H and O–H groups in total. The van der Waals surface area contributed by atoms with E-state index in [1.54, 1.807) is 18.3 Å². The number of hydrogen-bond donors (Lipinski definition) is 0. The monoisotopic (exact) mass is 349 g/mol. The number of rotatable bonds is 4.